The summed E-state index contributed by atoms with van der Waals surface area (Å²) in [4.78, 5) is 27.2. The molecule has 21 heavy (non-hydrogen) atoms. The van der Waals surface area contributed by atoms with Crippen LogP contribution in [0.1, 0.15) is 48.2 Å². The van der Waals surface area contributed by atoms with Gasteiger partial charge in [-0.25, -0.2) is 4.79 Å². The van der Waals surface area contributed by atoms with E-state index in [-0.39, 0.29) is 30.0 Å². The normalized spacial score (nSPS) is 22.3. The molecule has 2 rings (SSSR count). The van der Waals surface area contributed by atoms with Crippen molar-refractivity contribution in [2.45, 2.75) is 44.7 Å². The van der Waals surface area contributed by atoms with E-state index in [1.165, 1.54) is 18.3 Å². The van der Waals surface area contributed by atoms with Gasteiger partial charge in [-0.1, -0.05) is 19.3 Å². The fraction of sp³-hybridized carbons (Fsp3) is 0.533. The number of nitrogens with two attached hydrogens (primary N) is 1. The van der Waals surface area contributed by atoms with Gasteiger partial charge in [0, 0.05) is 12.2 Å². The lowest BCUT2D eigenvalue weighted by Crippen LogP contribution is -2.41. The van der Waals surface area contributed by atoms with Gasteiger partial charge in [-0.05, 0) is 25.0 Å². The molecular weight excluding hydrogens is 270 g/mol. The Balaban J connectivity index is 1.94. The summed E-state index contributed by atoms with van der Waals surface area (Å²) >= 11 is 0. The van der Waals surface area contributed by atoms with Crippen molar-refractivity contribution in [3.8, 4) is 0 Å². The number of aromatic nitrogens is 1. The highest BCUT2D eigenvalue weighted by molar-refractivity contribution is 5.87. The number of pyridine rings is 1. The van der Waals surface area contributed by atoms with Crippen LogP contribution in [-0.4, -0.2) is 28.0 Å². The standard InChI is InChI=1S/C15H21N3O3/c16-13-5-3-1-2-4-12(13)14(19)18-9-11-8-10(15(20)21)6-7-17-11/h6-8,12-13H,1-5,9,16H2,(H,18,19)(H,20,21). The van der Waals surface area contributed by atoms with Gasteiger partial charge in [-0.2, -0.15) is 0 Å². The molecule has 6 heteroatoms. The van der Waals surface area contributed by atoms with E-state index in [1.807, 2.05) is 0 Å². The Morgan fingerprint density at radius 3 is 2.86 bits per heavy atom. The van der Waals surface area contributed by atoms with Gasteiger partial charge in [0.1, 0.15) is 0 Å². The lowest BCUT2D eigenvalue weighted by Gasteiger charge is -2.20. The molecule has 6 nitrogen and oxygen atoms in total. The molecule has 114 valence electrons. The second-order valence-electron chi connectivity index (χ2n) is 5.47. The number of nitrogens with zero attached hydrogens (tertiary/aromatic N) is 1. The maximum absolute atomic E-state index is 12.2. The minimum atomic E-state index is -1.00. The first-order valence-corrected chi connectivity index (χ1v) is 7.29. The summed E-state index contributed by atoms with van der Waals surface area (Å²) in [6.45, 7) is 0.225. The zero-order valence-electron chi connectivity index (χ0n) is 11.9. The maximum Gasteiger partial charge on any atom is 0.335 e. The molecule has 1 aromatic heterocycles. The number of aromatic carboxylic acids is 1. The van der Waals surface area contributed by atoms with Crippen molar-refractivity contribution >= 4 is 11.9 Å². The Labute approximate surface area is 123 Å². The number of nitrogens with one attached hydrogen (secondary N) is 1. The predicted molar refractivity (Wildman–Crippen MR) is 77.6 cm³/mol. The van der Waals surface area contributed by atoms with Crippen molar-refractivity contribution in [1.29, 1.82) is 0 Å². The largest absolute Gasteiger partial charge is 0.478 e. The molecule has 2 atom stereocenters. The number of carbonyl (C=O) groups excluding carboxylic acids is 1. The number of hydrogen-bond donors (Lipinski definition) is 3. The number of carboxylic acids is 1. The van der Waals surface area contributed by atoms with Crippen molar-refractivity contribution in [1.82, 2.24) is 10.3 Å². The zero-order chi connectivity index (χ0) is 15.2. The van der Waals surface area contributed by atoms with Crippen LogP contribution in [-0.2, 0) is 11.3 Å². The van der Waals surface area contributed by atoms with Gasteiger partial charge in [0.2, 0.25) is 5.91 Å². The fourth-order valence-electron chi connectivity index (χ4n) is 2.68. The quantitative estimate of drug-likeness (QED) is 0.725. The van der Waals surface area contributed by atoms with E-state index < -0.39 is 5.97 Å². The molecule has 1 amide bonds. The molecule has 1 aromatic rings. The van der Waals surface area contributed by atoms with Crippen molar-refractivity contribution in [3.05, 3.63) is 29.6 Å². The Morgan fingerprint density at radius 1 is 1.33 bits per heavy atom. The first-order valence-electron chi connectivity index (χ1n) is 7.29. The van der Waals surface area contributed by atoms with E-state index in [9.17, 15) is 9.59 Å². The molecule has 0 radical (unpaired) electrons. The molecule has 1 heterocycles. The maximum atomic E-state index is 12.2. The molecule has 1 fully saturated rings. The molecule has 2 unspecified atom stereocenters. The number of hydrogen-bond acceptors (Lipinski definition) is 4. The Kier molecular flexibility index (Phi) is 5.27. The van der Waals surface area contributed by atoms with Crippen LogP contribution in [0, 0.1) is 5.92 Å². The van der Waals surface area contributed by atoms with Gasteiger partial charge in [0.15, 0.2) is 0 Å². The fourth-order valence-corrected chi connectivity index (χ4v) is 2.68. The first-order chi connectivity index (χ1) is 10.1. The van der Waals surface area contributed by atoms with Crippen LogP contribution in [0.2, 0.25) is 0 Å². The summed E-state index contributed by atoms with van der Waals surface area (Å²) in [5.41, 5.74) is 6.76. The van der Waals surface area contributed by atoms with Gasteiger partial charge >= 0.3 is 5.97 Å². The smallest absolute Gasteiger partial charge is 0.335 e. The van der Waals surface area contributed by atoms with Gasteiger partial charge in [-0.3, -0.25) is 9.78 Å². The highest BCUT2D eigenvalue weighted by Crippen LogP contribution is 2.22. The summed E-state index contributed by atoms with van der Waals surface area (Å²) in [5.74, 6) is -1.22. The lowest BCUT2D eigenvalue weighted by molar-refractivity contribution is -0.126. The van der Waals surface area contributed by atoms with E-state index in [4.69, 9.17) is 10.8 Å². The van der Waals surface area contributed by atoms with Crippen LogP contribution in [0.4, 0.5) is 0 Å². The molecule has 1 saturated carbocycles. The van der Waals surface area contributed by atoms with Crippen LogP contribution in [0.15, 0.2) is 18.3 Å². The Morgan fingerprint density at radius 2 is 2.10 bits per heavy atom. The molecule has 0 saturated heterocycles. The number of carboxylic acid groups (broad SMARTS) is 1. The molecule has 1 aliphatic carbocycles. The third kappa shape index (κ3) is 4.26. The summed E-state index contributed by atoms with van der Waals surface area (Å²) in [5, 5.41) is 11.7. The van der Waals surface area contributed by atoms with Crippen molar-refractivity contribution in [2.75, 3.05) is 0 Å². The van der Waals surface area contributed by atoms with E-state index in [1.54, 1.807) is 0 Å². The van der Waals surface area contributed by atoms with Gasteiger partial charge in [0.05, 0.1) is 23.7 Å². The third-order valence-corrected chi connectivity index (χ3v) is 3.91. The molecule has 1 aliphatic rings. The summed E-state index contributed by atoms with van der Waals surface area (Å²) in [7, 11) is 0. The highest BCUT2D eigenvalue weighted by Gasteiger charge is 2.26. The minimum absolute atomic E-state index is 0.0630. The second-order valence-corrected chi connectivity index (χ2v) is 5.47. The molecule has 0 spiro atoms. The zero-order valence-corrected chi connectivity index (χ0v) is 11.9. The van der Waals surface area contributed by atoms with Crippen LogP contribution < -0.4 is 11.1 Å². The number of amides is 1. The molecule has 0 aromatic carbocycles. The third-order valence-electron chi connectivity index (χ3n) is 3.91. The molecular formula is C15H21N3O3. The summed E-state index contributed by atoms with van der Waals surface area (Å²) in [6.07, 6.45) is 6.36. The van der Waals surface area contributed by atoms with E-state index in [0.29, 0.717) is 5.69 Å². The van der Waals surface area contributed by atoms with Crippen LogP contribution in [0.25, 0.3) is 0 Å². The minimum Gasteiger partial charge on any atom is -0.478 e. The first kappa shape index (κ1) is 15.4. The van der Waals surface area contributed by atoms with Crippen molar-refractivity contribution < 1.29 is 14.7 Å². The van der Waals surface area contributed by atoms with Gasteiger partial charge in [-0.15, -0.1) is 0 Å². The Hall–Kier alpha value is -1.95. The second kappa shape index (κ2) is 7.17. The van der Waals surface area contributed by atoms with Crippen LogP contribution in [0.3, 0.4) is 0 Å². The lowest BCUT2D eigenvalue weighted by atomic mass is 9.94. The van der Waals surface area contributed by atoms with Gasteiger partial charge < -0.3 is 16.2 Å². The van der Waals surface area contributed by atoms with E-state index in [2.05, 4.69) is 10.3 Å². The summed E-state index contributed by atoms with van der Waals surface area (Å²) < 4.78 is 0. The SMILES string of the molecule is NC1CCCCCC1C(=O)NCc1cc(C(=O)O)ccn1. The molecule has 0 bridgehead atoms. The molecule has 0 aliphatic heterocycles. The Bertz CT molecular complexity index is 519. The van der Waals surface area contributed by atoms with Crippen LogP contribution >= 0.6 is 0 Å². The topological polar surface area (TPSA) is 105 Å². The van der Waals surface area contributed by atoms with Crippen molar-refractivity contribution in [3.63, 3.8) is 0 Å². The van der Waals surface area contributed by atoms with Gasteiger partial charge in [0.25, 0.3) is 0 Å². The van der Waals surface area contributed by atoms with Crippen molar-refractivity contribution in [2.24, 2.45) is 11.7 Å². The number of carbonyl (C=O) groups is 2. The van der Waals surface area contributed by atoms with Crippen LogP contribution in [0.5, 0.6) is 0 Å². The number of rotatable bonds is 4. The van der Waals surface area contributed by atoms with E-state index in [0.717, 1.165) is 32.1 Å². The highest BCUT2D eigenvalue weighted by atomic mass is 16.4. The summed E-state index contributed by atoms with van der Waals surface area (Å²) in [6, 6.07) is 2.80. The average Bonchev–Trinajstić information content (AvgIpc) is 2.69. The predicted octanol–water partition coefficient (Wildman–Crippen LogP) is 1.30. The molecule has 4 N–H and O–H groups in total. The monoisotopic (exact) mass is 291 g/mol. The average molecular weight is 291 g/mol. The van der Waals surface area contributed by atoms with E-state index >= 15 is 0 Å².